The highest BCUT2D eigenvalue weighted by Gasteiger charge is 2.28. The van der Waals surface area contributed by atoms with E-state index in [0.717, 1.165) is 31.5 Å². The molecule has 2 aromatic rings. The van der Waals surface area contributed by atoms with E-state index in [1.165, 1.54) is 6.42 Å². The van der Waals surface area contributed by atoms with Crippen molar-refractivity contribution in [3.8, 4) is 0 Å². The maximum atomic E-state index is 12.5. The molecule has 4 rings (SSSR count). The second-order valence-corrected chi connectivity index (χ2v) is 8.34. The van der Waals surface area contributed by atoms with Gasteiger partial charge in [-0.2, -0.15) is 0 Å². The Morgan fingerprint density at radius 2 is 2.07 bits per heavy atom. The van der Waals surface area contributed by atoms with Crippen LogP contribution in [0.5, 0.6) is 0 Å². The third kappa shape index (κ3) is 3.91. The summed E-state index contributed by atoms with van der Waals surface area (Å²) >= 11 is 0. The highest BCUT2D eigenvalue weighted by atomic mass is 16.5. The lowest BCUT2D eigenvalue weighted by Crippen LogP contribution is -2.45. The first-order chi connectivity index (χ1) is 13.9. The molecule has 3 unspecified atom stereocenters. The standard InChI is InChI=1S/C22H27N3O4/c1-13-5-3-6-17(14(13)2)24-20(26)12-29-22(28)15-8-9-16-18(11-15)23-19-7-4-10-25(19)21(16)27/h8-9,11,13-14,17H,3-7,10,12H2,1-2H3,(H,24,26). The van der Waals surface area contributed by atoms with Crippen LogP contribution in [0.1, 0.15) is 55.7 Å². The molecule has 7 nitrogen and oxygen atoms in total. The van der Waals surface area contributed by atoms with Crippen LogP contribution in [0.3, 0.4) is 0 Å². The Bertz CT molecular complexity index is 1010. The summed E-state index contributed by atoms with van der Waals surface area (Å²) in [4.78, 5) is 41.7. The summed E-state index contributed by atoms with van der Waals surface area (Å²) in [6.07, 6.45) is 4.91. The van der Waals surface area contributed by atoms with E-state index >= 15 is 0 Å². The van der Waals surface area contributed by atoms with Crippen molar-refractivity contribution in [1.82, 2.24) is 14.9 Å². The van der Waals surface area contributed by atoms with Crippen LogP contribution in [0.15, 0.2) is 23.0 Å². The van der Waals surface area contributed by atoms with Gasteiger partial charge < -0.3 is 10.1 Å². The van der Waals surface area contributed by atoms with Crippen molar-refractivity contribution in [2.45, 2.75) is 58.5 Å². The van der Waals surface area contributed by atoms with Crippen LogP contribution in [0, 0.1) is 11.8 Å². The lowest BCUT2D eigenvalue weighted by molar-refractivity contribution is -0.125. The molecule has 2 aliphatic rings. The summed E-state index contributed by atoms with van der Waals surface area (Å²) in [5, 5.41) is 3.49. The Morgan fingerprint density at radius 3 is 2.90 bits per heavy atom. The number of nitrogens with one attached hydrogen (secondary N) is 1. The molecule has 1 aliphatic heterocycles. The molecule has 1 N–H and O–H groups in total. The predicted molar refractivity (Wildman–Crippen MR) is 109 cm³/mol. The highest BCUT2D eigenvalue weighted by Crippen LogP contribution is 2.29. The monoisotopic (exact) mass is 397 g/mol. The fraction of sp³-hybridized carbons (Fsp3) is 0.545. The van der Waals surface area contributed by atoms with Crippen LogP contribution in [-0.4, -0.2) is 34.1 Å². The normalized spacial score (nSPS) is 23.6. The van der Waals surface area contributed by atoms with Gasteiger partial charge in [0.15, 0.2) is 6.61 Å². The molecular weight excluding hydrogens is 370 g/mol. The molecule has 0 bridgehead atoms. The van der Waals surface area contributed by atoms with Gasteiger partial charge in [0.1, 0.15) is 5.82 Å². The Morgan fingerprint density at radius 1 is 1.24 bits per heavy atom. The van der Waals surface area contributed by atoms with E-state index in [1.807, 2.05) is 0 Å². The van der Waals surface area contributed by atoms with Gasteiger partial charge in [-0.3, -0.25) is 14.2 Å². The number of rotatable bonds is 4. The minimum absolute atomic E-state index is 0.0716. The first-order valence-corrected chi connectivity index (χ1v) is 10.4. The van der Waals surface area contributed by atoms with E-state index < -0.39 is 5.97 Å². The second-order valence-electron chi connectivity index (χ2n) is 8.34. The van der Waals surface area contributed by atoms with Crippen LogP contribution >= 0.6 is 0 Å². The van der Waals surface area contributed by atoms with Gasteiger partial charge in [-0.1, -0.05) is 26.7 Å². The molecule has 0 saturated heterocycles. The van der Waals surface area contributed by atoms with Crippen LogP contribution in [0.25, 0.3) is 10.9 Å². The number of amides is 1. The van der Waals surface area contributed by atoms with Gasteiger partial charge in [-0.05, 0) is 42.9 Å². The summed E-state index contributed by atoms with van der Waals surface area (Å²) in [7, 11) is 0. The molecule has 1 amide bonds. The molecule has 3 atom stereocenters. The number of carbonyl (C=O) groups is 2. The molecule has 7 heteroatoms. The summed E-state index contributed by atoms with van der Waals surface area (Å²) in [5.41, 5.74) is 0.712. The van der Waals surface area contributed by atoms with Gasteiger partial charge in [0, 0.05) is 19.0 Å². The van der Waals surface area contributed by atoms with Gasteiger partial charge in [-0.25, -0.2) is 9.78 Å². The zero-order chi connectivity index (χ0) is 20.5. The molecule has 1 aliphatic carbocycles. The molecule has 1 saturated carbocycles. The third-order valence-electron chi connectivity index (χ3n) is 6.44. The molecule has 1 aromatic carbocycles. The van der Waals surface area contributed by atoms with Crippen molar-refractivity contribution in [3.05, 3.63) is 39.9 Å². The number of benzene rings is 1. The maximum absolute atomic E-state index is 12.5. The Kier molecular flexibility index (Phi) is 5.39. The van der Waals surface area contributed by atoms with E-state index in [2.05, 4.69) is 24.1 Å². The van der Waals surface area contributed by atoms with E-state index in [4.69, 9.17) is 4.74 Å². The molecule has 29 heavy (non-hydrogen) atoms. The largest absolute Gasteiger partial charge is 0.452 e. The average Bonchev–Trinajstić information content (AvgIpc) is 3.18. The number of carbonyl (C=O) groups excluding carboxylic acids is 2. The predicted octanol–water partition coefficient (Wildman–Crippen LogP) is 2.44. The van der Waals surface area contributed by atoms with Crippen molar-refractivity contribution >= 4 is 22.8 Å². The number of hydrogen-bond donors (Lipinski definition) is 1. The Labute approximate surface area is 169 Å². The second kappa shape index (κ2) is 7.97. The van der Waals surface area contributed by atoms with Gasteiger partial charge >= 0.3 is 5.97 Å². The minimum atomic E-state index is -0.588. The topological polar surface area (TPSA) is 90.3 Å². The van der Waals surface area contributed by atoms with E-state index in [-0.39, 0.29) is 24.1 Å². The van der Waals surface area contributed by atoms with Gasteiger partial charge in [0.05, 0.1) is 16.5 Å². The zero-order valence-electron chi connectivity index (χ0n) is 16.9. The summed E-state index contributed by atoms with van der Waals surface area (Å²) in [6.45, 7) is 4.74. The summed E-state index contributed by atoms with van der Waals surface area (Å²) in [6, 6.07) is 4.86. The summed E-state index contributed by atoms with van der Waals surface area (Å²) in [5.74, 6) is 0.875. The maximum Gasteiger partial charge on any atom is 0.338 e. The van der Waals surface area contributed by atoms with Gasteiger partial charge in [-0.15, -0.1) is 0 Å². The lowest BCUT2D eigenvalue weighted by atomic mass is 9.78. The fourth-order valence-electron chi connectivity index (χ4n) is 4.46. The zero-order valence-corrected chi connectivity index (χ0v) is 16.9. The number of aromatic nitrogens is 2. The van der Waals surface area contributed by atoms with Crippen molar-refractivity contribution in [1.29, 1.82) is 0 Å². The Hall–Kier alpha value is -2.70. The number of hydrogen-bond acceptors (Lipinski definition) is 5. The van der Waals surface area contributed by atoms with Gasteiger partial charge in [0.2, 0.25) is 0 Å². The third-order valence-corrected chi connectivity index (χ3v) is 6.44. The van der Waals surface area contributed by atoms with E-state index in [9.17, 15) is 14.4 Å². The lowest BCUT2D eigenvalue weighted by Gasteiger charge is -2.34. The minimum Gasteiger partial charge on any atom is -0.452 e. The van der Waals surface area contributed by atoms with E-state index in [0.29, 0.717) is 34.8 Å². The molecule has 0 radical (unpaired) electrons. The molecule has 0 spiro atoms. The molecule has 2 heterocycles. The number of esters is 1. The van der Waals surface area contributed by atoms with Gasteiger partial charge in [0.25, 0.3) is 11.5 Å². The van der Waals surface area contributed by atoms with E-state index in [1.54, 1.807) is 22.8 Å². The molecule has 154 valence electrons. The molecular formula is C22H27N3O4. The first-order valence-electron chi connectivity index (χ1n) is 10.4. The van der Waals surface area contributed by atoms with Crippen molar-refractivity contribution < 1.29 is 14.3 Å². The van der Waals surface area contributed by atoms with Crippen LogP contribution in [0.2, 0.25) is 0 Å². The number of nitrogens with zero attached hydrogens (tertiary/aromatic N) is 2. The number of ether oxygens (including phenoxy) is 1. The van der Waals surface area contributed by atoms with Crippen molar-refractivity contribution in [2.24, 2.45) is 11.8 Å². The van der Waals surface area contributed by atoms with Crippen molar-refractivity contribution in [3.63, 3.8) is 0 Å². The van der Waals surface area contributed by atoms with Crippen LogP contribution in [0.4, 0.5) is 0 Å². The van der Waals surface area contributed by atoms with Crippen LogP contribution in [-0.2, 0) is 22.5 Å². The highest BCUT2D eigenvalue weighted by molar-refractivity contribution is 5.95. The molecule has 1 aromatic heterocycles. The Balaban J connectivity index is 1.41. The SMILES string of the molecule is CC1CCCC(NC(=O)COC(=O)c2ccc3c(=O)n4c(nc3c2)CCC4)C1C. The first kappa shape index (κ1) is 19.6. The smallest absolute Gasteiger partial charge is 0.338 e. The quantitative estimate of drug-likeness (QED) is 0.801. The van der Waals surface area contributed by atoms with Crippen LogP contribution < -0.4 is 10.9 Å². The summed E-state index contributed by atoms with van der Waals surface area (Å²) < 4.78 is 6.90. The molecule has 1 fully saturated rings. The van der Waals surface area contributed by atoms with Crippen molar-refractivity contribution in [2.75, 3.05) is 6.61 Å². The average molecular weight is 397 g/mol. The fourth-order valence-corrected chi connectivity index (χ4v) is 4.46. The number of aryl methyl sites for hydroxylation is 1. The number of fused-ring (bicyclic) bond motifs is 2.